The van der Waals surface area contributed by atoms with Crippen molar-refractivity contribution in [2.75, 3.05) is 6.61 Å². The molecule has 0 aromatic carbocycles. The van der Waals surface area contributed by atoms with Crippen molar-refractivity contribution >= 4 is 5.91 Å². The third kappa shape index (κ3) is 7.62. The third-order valence-electron chi connectivity index (χ3n) is 4.88. The highest BCUT2D eigenvalue weighted by Gasteiger charge is 2.30. The van der Waals surface area contributed by atoms with Crippen LogP contribution >= 0.6 is 0 Å². The van der Waals surface area contributed by atoms with Crippen molar-refractivity contribution in [2.24, 2.45) is 16.7 Å². The molecule has 132 valence electrons. The molecule has 0 aromatic heterocycles. The minimum Gasteiger partial charge on any atom is -0.375 e. The lowest BCUT2D eigenvalue weighted by atomic mass is 9.82. The summed E-state index contributed by atoms with van der Waals surface area (Å²) in [5.74, 6) is 0.622. The summed E-state index contributed by atoms with van der Waals surface area (Å²) in [6.45, 7) is 22.0. The van der Waals surface area contributed by atoms with Crippen LogP contribution in [0.25, 0.3) is 0 Å². The Morgan fingerprint density at radius 3 is 1.95 bits per heavy atom. The molecule has 0 bridgehead atoms. The van der Waals surface area contributed by atoms with Gasteiger partial charge in [0.05, 0.1) is 12.2 Å². The summed E-state index contributed by atoms with van der Waals surface area (Å²) < 4.78 is 6.13. The minimum atomic E-state index is -0.306. The molecule has 0 saturated carbocycles. The number of ether oxygens (including phenoxy) is 1. The van der Waals surface area contributed by atoms with Crippen LogP contribution in [0.15, 0.2) is 0 Å². The van der Waals surface area contributed by atoms with Crippen molar-refractivity contribution in [3.05, 3.63) is 0 Å². The van der Waals surface area contributed by atoms with Gasteiger partial charge in [0.2, 0.25) is 5.91 Å². The van der Waals surface area contributed by atoms with Crippen LogP contribution in [0.2, 0.25) is 0 Å². The maximum absolute atomic E-state index is 12.2. The average Bonchev–Trinajstić information content (AvgIpc) is 2.33. The number of carbonyl (C=O) groups is 1. The zero-order chi connectivity index (χ0) is 17.8. The predicted molar refractivity (Wildman–Crippen MR) is 94.9 cm³/mol. The molecule has 0 aliphatic carbocycles. The lowest BCUT2D eigenvalue weighted by molar-refractivity contribution is -0.130. The van der Waals surface area contributed by atoms with Crippen LogP contribution in [-0.4, -0.2) is 24.2 Å². The predicted octanol–water partition coefficient (Wildman–Crippen LogP) is 4.79. The summed E-state index contributed by atoms with van der Waals surface area (Å²) in [6.07, 6.45) is 1.66. The Balaban J connectivity index is 4.44. The number of hydrogen-bond acceptors (Lipinski definition) is 2. The molecule has 2 unspecified atom stereocenters. The Hall–Kier alpha value is -0.570. The van der Waals surface area contributed by atoms with Gasteiger partial charge in [0.1, 0.15) is 0 Å². The molecule has 3 heteroatoms. The van der Waals surface area contributed by atoms with Crippen LogP contribution in [0.4, 0.5) is 0 Å². The quantitative estimate of drug-likeness (QED) is 0.699. The van der Waals surface area contributed by atoms with Crippen molar-refractivity contribution in [1.29, 1.82) is 0 Å². The maximum atomic E-state index is 12.2. The molecule has 0 aromatic rings. The number of nitrogens with one attached hydrogen (secondary N) is 1. The van der Waals surface area contributed by atoms with E-state index in [2.05, 4.69) is 53.8 Å². The van der Waals surface area contributed by atoms with Crippen LogP contribution in [-0.2, 0) is 9.53 Å². The Morgan fingerprint density at radius 2 is 1.55 bits per heavy atom. The van der Waals surface area contributed by atoms with Crippen molar-refractivity contribution in [1.82, 2.24) is 5.32 Å². The summed E-state index contributed by atoms with van der Waals surface area (Å²) in [7, 11) is 0. The fraction of sp³-hybridized carbons (Fsp3) is 0.947. The second-order valence-corrected chi connectivity index (χ2v) is 9.15. The smallest absolute Gasteiger partial charge is 0.225 e. The minimum absolute atomic E-state index is 0.110. The Bertz CT molecular complexity index is 353. The van der Waals surface area contributed by atoms with Crippen LogP contribution in [0.1, 0.15) is 82.1 Å². The molecule has 0 heterocycles. The highest BCUT2D eigenvalue weighted by molar-refractivity contribution is 5.81. The largest absolute Gasteiger partial charge is 0.375 e. The highest BCUT2D eigenvalue weighted by Crippen LogP contribution is 2.28. The topological polar surface area (TPSA) is 38.3 Å². The number of amides is 1. The SMILES string of the molecule is CCC(C)(C)C(=O)NC(C)CC(C)(C)OCC(C)C(C)(C)C. The van der Waals surface area contributed by atoms with Gasteiger partial charge < -0.3 is 10.1 Å². The van der Waals surface area contributed by atoms with Crippen molar-refractivity contribution < 1.29 is 9.53 Å². The van der Waals surface area contributed by atoms with Gasteiger partial charge in [-0.2, -0.15) is 0 Å². The molecule has 3 nitrogen and oxygen atoms in total. The Morgan fingerprint density at radius 1 is 1.05 bits per heavy atom. The van der Waals surface area contributed by atoms with E-state index in [1.807, 2.05) is 20.8 Å². The summed E-state index contributed by atoms with van der Waals surface area (Å²) in [6, 6.07) is 0.110. The van der Waals surface area contributed by atoms with Gasteiger partial charge >= 0.3 is 0 Å². The van der Waals surface area contributed by atoms with E-state index in [0.29, 0.717) is 5.92 Å². The highest BCUT2D eigenvalue weighted by atomic mass is 16.5. The van der Waals surface area contributed by atoms with Gasteiger partial charge in [0.25, 0.3) is 0 Å². The molecule has 2 atom stereocenters. The molecule has 0 spiro atoms. The van der Waals surface area contributed by atoms with Gasteiger partial charge in [0.15, 0.2) is 0 Å². The lowest BCUT2D eigenvalue weighted by Gasteiger charge is -2.34. The fourth-order valence-electron chi connectivity index (χ4n) is 2.03. The van der Waals surface area contributed by atoms with Gasteiger partial charge in [-0.05, 0) is 44.9 Å². The first-order valence-corrected chi connectivity index (χ1v) is 8.66. The average molecular weight is 314 g/mol. The summed E-state index contributed by atoms with van der Waals surface area (Å²) in [5, 5.41) is 3.13. The summed E-state index contributed by atoms with van der Waals surface area (Å²) in [4.78, 5) is 12.2. The third-order valence-corrected chi connectivity index (χ3v) is 4.88. The van der Waals surface area contributed by atoms with Crippen molar-refractivity contribution in [2.45, 2.75) is 93.7 Å². The number of hydrogen-bond donors (Lipinski definition) is 1. The Labute approximate surface area is 138 Å². The van der Waals surface area contributed by atoms with Crippen LogP contribution in [0.5, 0.6) is 0 Å². The fourth-order valence-corrected chi connectivity index (χ4v) is 2.03. The van der Waals surface area contributed by atoms with E-state index >= 15 is 0 Å². The zero-order valence-electron chi connectivity index (χ0n) is 16.6. The molecule has 0 radical (unpaired) electrons. The molecule has 0 aliphatic rings. The molecule has 0 saturated heterocycles. The zero-order valence-corrected chi connectivity index (χ0v) is 16.6. The summed E-state index contributed by atoms with van der Waals surface area (Å²) >= 11 is 0. The van der Waals surface area contributed by atoms with E-state index in [1.54, 1.807) is 0 Å². The molecule has 0 fully saturated rings. The first kappa shape index (κ1) is 21.4. The number of carbonyl (C=O) groups excluding carboxylic acids is 1. The second kappa shape index (κ2) is 7.81. The van der Waals surface area contributed by atoms with E-state index in [-0.39, 0.29) is 28.4 Å². The lowest BCUT2D eigenvalue weighted by Crippen LogP contribution is -2.45. The molecule has 0 aliphatic heterocycles. The monoisotopic (exact) mass is 313 g/mol. The normalized spacial score (nSPS) is 16.3. The van der Waals surface area contributed by atoms with Crippen molar-refractivity contribution in [3.8, 4) is 0 Å². The van der Waals surface area contributed by atoms with Crippen LogP contribution in [0, 0.1) is 16.7 Å². The molecule has 22 heavy (non-hydrogen) atoms. The van der Waals surface area contributed by atoms with Crippen molar-refractivity contribution in [3.63, 3.8) is 0 Å². The van der Waals surface area contributed by atoms with Crippen LogP contribution in [0.3, 0.4) is 0 Å². The van der Waals surface area contributed by atoms with E-state index in [1.165, 1.54) is 0 Å². The van der Waals surface area contributed by atoms with Gasteiger partial charge in [-0.15, -0.1) is 0 Å². The van der Waals surface area contributed by atoms with E-state index in [9.17, 15) is 4.79 Å². The van der Waals surface area contributed by atoms with Gasteiger partial charge in [0, 0.05) is 11.5 Å². The molecule has 1 N–H and O–H groups in total. The van der Waals surface area contributed by atoms with Gasteiger partial charge in [-0.25, -0.2) is 0 Å². The molecular formula is C19H39NO2. The van der Waals surface area contributed by atoms with E-state index in [4.69, 9.17) is 4.74 Å². The van der Waals surface area contributed by atoms with E-state index < -0.39 is 0 Å². The van der Waals surface area contributed by atoms with Gasteiger partial charge in [-0.1, -0.05) is 48.5 Å². The molecule has 0 rings (SSSR count). The van der Waals surface area contributed by atoms with Crippen LogP contribution < -0.4 is 5.32 Å². The first-order valence-electron chi connectivity index (χ1n) is 8.66. The summed E-state index contributed by atoms with van der Waals surface area (Å²) in [5.41, 5.74) is -0.288. The van der Waals surface area contributed by atoms with E-state index in [0.717, 1.165) is 19.4 Å². The second-order valence-electron chi connectivity index (χ2n) is 9.15. The molecular weight excluding hydrogens is 274 g/mol. The number of rotatable bonds is 8. The first-order chi connectivity index (χ1) is 9.71. The van der Waals surface area contributed by atoms with Gasteiger partial charge in [-0.3, -0.25) is 4.79 Å². The Kier molecular flexibility index (Phi) is 7.61. The standard InChI is InChI=1S/C19H39NO2/c1-11-18(7,8)16(21)20-15(3)12-19(9,10)22-13-14(2)17(4,5)6/h14-15H,11-13H2,1-10H3,(H,20,21). The molecule has 1 amide bonds. The maximum Gasteiger partial charge on any atom is 0.225 e.